The Bertz CT molecular complexity index is 892. The summed E-state index contributed by atoms with van der Waals surface area (Å²) in [5.74, 6) is 1.34. The molecule has 3 aromatic rings. The van der Waals surface area contributed by atoms with E-state index in [2.05, 4.69) is 13.8 Å². The van der Waals surface area contributed by atoms with Crippen molar-refractivity contribution in [3.8, 4) is 16.9 Å². The lowest BCUT2D eigenvalue weighted by Crippen LogP contribution is -2.07. The quantitative estimate of drug-likeness (QED) is 0.648. The molecule has 0 atom stereocenters. The van der Waals surface area contributed by atoms with E-state index in [0.29, 0.717) is 29.1 Å². The summed E-state index contributed by atoms with van der Waals surface area (Å²) in [6, 6.07) is 13.3. The molecule has 1 heterocycles. The van der Waals surface area contributed by atoms with Crippen LogP contribution in [-0.2, 0) is 0 Å². The predicted octanol–water partition coefficient (Wildman–Crippen LogP) is 5.19. The fourth-order valence-electron chi connectivity index (χ4n) is 2.73. The number of rotatable bonds is 5. The monoisotopic (exact) mass is 322 g/mol. The zero-order valence-electron chi connectivity index (χ0n) is 14.3. The zero-order valence-corrected chi connectivity index (χ0v) is 14.3. The van der Waals surface area contributed by atoms with Gasteiger partial charge < -0.3 is 9.15 Å². The first-order valence-corrected chi connectivity index (χ1v) is 8.30. The summed E-state index contributed by atoms with van der Waals surface area (Å²) in [5, 5.41) is 0.618. The Morgan fingerprint density at radius 3 is 2.58 bits per heavy atom. The highest BCUT2D eigenvalue weighted by Gasteiger charge is 2.12. The van der Waals surface area contributed by atoms with Crippen molar-refractivity contribution in [3.05, 3.63) is 64.5 Å². The van der Waals surface area contributed by atoms with E-state index >= 15 is 0 Å². The van der Waals surface area contributed by atoms with E-state index in [-0.39, 0.29) is 5.43 Å². The second kappa shape index (κ2) is 6.91. The van der Waals surface area contributed by atoms with Gasteiger partial charge in [0.15, 0.2) is 0 Å². The number of hydrogen-bond donors (Lipinski definition) is 0. The van der Waals surface area contributed by atoms with E-state index in [4.69, 9.17) is 9.15 Å². The topological polar surface area (TPSA) is 39.4 Å². The van der Waals surface area contributed by atoms with Crippen LogP contribution in [0.5, 0.6) is 5.75 Å². The third-order valence-electron chi connectivity index (χ3n) is 4.10. The molecule has 124 valence electrons. The van der Waals surface area contributed by atoms with Crippen LogP contribution in [0.4, 0.5) is 0 Å². The predicted molar refractivity (Wildman–Crippen MR) is 97.6 cm³/mol. The molecule has 0 aliphatic rings. The average Bonchev–Trinajstić information content (AvgIpc) is 2.55. The Morgan fingerprint density at radius 2 is 1.88 bits per heavy atom. The second-order valence-corrected chi connectivity index (χ2v) is 6.49. The van der Waals surface area contributed by atoms with Gasteiger partial charge in [0, 0.05) is 6.07 Å². The zero-order chi connectivity index (χ0) is 17.1. The number of hydrogen-bond acceptors (Lipinski definition) is 3. The second-order valence-electron chi connectivity index (χ2n) is 6.49. The molecule has 1 aromatic heterocycles. The van der Waals surface area contributed by atoms with Gasteiger partial charge in [-0.05, 0) is 36.5 Å². The van der Waals surface area contributed by atoms with Crippen molar-refractivity contribution < 1.29 is 9.15 Å². The molecule has 3 nitrogen and oxygen atoms in total. The van der Waals surface area contributed by atoms with Gasteiger partial charge in [-0.1, -0.05) is 44.2 Å². The lowest BCUT2D eigenvalue weighted by Gasteiger charge is -2.11. The standard InChI is InChI=1S/C21H22O3/c1-14(2)9-10-23-17-11-15(3)20-19(12-17)24-13-18(21(20)22)16-7-5-4-6-8-16/h4-8,11-14H,9-10H2,1-3H3. The number of benzene rings is 2. The van der Waals surface area contributed by atoms with E-state index in [1.165, 1.54) is 6.26 Å². The Balaban J connectivity index is 2.01. The first-order valence-electron chi connectivity index (χ1n) is 8.30. The molecule has 0 saturated heterocycles. The van der Waals surface area contributed by atoms with Crippen molar-refractivity contribution in [3.63, 3.8) is 0 Å². The van der Waals surface area contributed by atoms with Crippen LogP contribution in [0.25, 0.3) is 22.1 Å². The highest BCUT2D eigenvalue weighted by Crippen LogP contribution is 2.26. The summed E-state index contributed by atoms with van der Waals surface area (Å²) in [7, 11) is 0. The van der Waals surface area contributed by atoms with Gasteiger partial charge in [0.25, 0.3) is 0 Å². The van der Waals surface area contributed by atoms with Gasteiger partial charge in [0.1, 0.15) is 17.6 Å². The van der Waals surface area contributed by atoms with Crippen LogP contribution in [0.1, 0.15) is 25.8 Å². The molecule has 0 spiro atoms. The summed E-state index contributed by atoms with van der Waals surface area (Å²) < 4.78 is 11.5. The lowest BCUT2D eigenvalue weighted by molar-refractivity contribution is 0.289. The average molecular weight is 322 g/mol. The van der Waals surface area contributed by atoms with Crippen molar-refractivity contribution in [2.24, 2.45) is 5.92 Å². The maximum Gasteiger partial charge on any atom is 0.200 e. The van der Waals surface area contributed by atoms with E-state index in [1.807, 2.05) is 43.3 Å². The van der Waals surface area contributed by atoms with Crippen LogP contribution in [0, 0.1) is 12.8 Å². The molecule has 3 heteroatoms. The van der Waals surface area contributed by atoms with Gasteiger partial charge in [-0.3, -0.25) is 4.79 Å². The molecule has 0 fully saturated rings. The minimum absolute atomic E-state index is 0.00585. The molecule has 0 amide bonds. The van der Waals surface area contributed by atoms with Crippen LogP contribution in [0.2, 0.25) is 0 Å². The number of fused-ring (bicyclic) bond motifs is 1. The molecular weight excluding hydrogens is 300 g/mol. The Hall–Kier alpha value is -2.55. The van der Waals surface area contributed by atoms with Crippen molar-refractivity contribution in [1.82, 2.24) is 0 Å². The minimum Gasteiger partial charge on any atom is -0.493 e. The summed E-state index contributed by atoms with van der Waals surface area (Å²) >= 11 is 0. The van der Waals surface area contributed by atoms with Gasteiger partial charge >= 0.3 is 0 Å². The molecule has 0 aliphatic heterocycles. The van der Waals surface area contributed by atoms with E-state index < -0.39 is 0 Å². The Morgan fingerprint density at radius 1 is 1.12 bits per heavy atom. The molecule has 0 aliphatic carbocycles. The summed E-state index contributed by atoms with van der Waals surface area (Å²) in [4.78, 5) is 12.9. The molecule has 0 bridgehead atoms. The smallest absolute Gasteiger partial charge is 0.200 e. The molecule has 24 heavy (non-hydrogen) atoms. The maximum absolute atomic E-state index is 12.9. The van der Waals surface area contributed by atoms with Crippen LogP contribution in [0.15, 0.2) is 57.9 Å². The SMILES string of the molecule is Cc1cc(OCCC(C)C)cc2occ(-c3ccccc3)c(=O)c12. The Kier molecular flexibility index (Phi) is 4.70. The minimum atomic E-state index is -0.00585. The van der Waals surface area contributed by atoms with Crippen LogP contribution < -0.4 is 10.2 Å². The van der Waals surface area contributed by atoms with E-state index in [1.54, 1.807) is 6.07 Å². The highest BCUT2D eigenvalue weighted by molar-refractivity contribution is 5.85. The molecular formula is C21H22O3. The molecule has 0 saturated carbocycles. The molecule has 3 rings (SSSR count). The Labute approximate surface area is 141 Å². The van der Waals surface area contributed by atoms with Gasteiger partial charge in [-0.25, -0.2) is 0 Å². The third-order valence-corrected chi connectivity index (χ3v) is 4.10. The van der Waals surface area contributed by atoms with Gasteiger partial charge in [-0.2, -0.15) is 0 Å². The third kappa shape index (κ3) is 3.35. The first-order chi connectivity index (χ1) is 11.6. The number of ether oxygens (including phenoxy) is 1. The summed E-state index contributed by atoms with van der Waals surface area (Å²) in [5.41, 5.74) is 2.89. The van der Waals surface area contributed by atoms with Crippen molar-refractivity contribution in [2.75, 3.05) is 6.61 Å². The summed E-state index contributed by atoms with van der Waals surface area (Å²) in [6.45, 7) is 6.91. The van der Waals surface area contributed by atoms with E-state index in [9.17, 15) is 4.79 Å². The van der Waals surface area contributed by atoms with Crippen LogP contribution in [-0.4, -0.2) is 6.61 Å². The van der Waals surface area contributed by atoms with Crippen molar-refractivity contribution >= 4 is 11.0 Å². The van der Waals surface area contributed by atoms with E-state index in [0.717, 1.165) is 23.3 Å². The van der Waals surface area contributed by atoms with Crippen LogP contribution in [0.3, 0.4) is 0 Å². The van der Waals surface area contributed by atoms with Crippen molar-refractivity contribution in [1.29, 1.82) is 0 Å². The fraction of sp³-hybridized carbons (Fsp3) is 0.286. The molecule has 0 radical (unpaired) electrons. The van der Waals surface area contributed by atoms with Crippen LogP contribution >= 0.6 is 0 Å². The maximum atomic E-state index is 12.9. The number of aryl methyl sites for hydroxylation is 1. The normalized spacial score (nSPS) is 11.2. The molecule has 0 N–H and O–H groups in total. The van der Waals surface area contributed by atoms with Crippen molar-refractivity contribution in [2.45, 2.75) is 27.2 Å². The van der Waals surface area contributed by atoms with Gasteiger partial charge in [-0.15, -0.1) is 0 Å². The lowest BCUT2D eigenvalue weighted by atomic mass is 10.0. The summed E-state index contributed by atoms with van der Waals surface area (Å²) in [6.07, 6.45) is 2.53. The fourth-order valence-corrected chi connectivity index (χ4v) is 2.73. The van der Waals surface area contributed by atoms with Gasteiger partial charge in [0.05, 0.1) is 17.6 Å². The van der Waals surface area contributed by atoms with Gasteiger partial charge in [0.2, 0.25) is 5.43 Å². The molecule has 0 unspecified atom stereocenters. The molecule has 2 aromatic carbocycles. The largest absolute Gasteiger partial charge is 0.493 e. The first kappa shape index (κ1) is 16.3. The highest BCUT2D eigenvalue weighted by atomic mass is 16.5.